The number of rotatable bonds is 4. The zero-order valence-corrected chi connectivity index (χ0v) is 11.8. The van der Waals surface area contributed by atoms with Crippen LogP contribution in [-0.4, -0.2) is 21.8 Å². The maximum atomic E-state index is 11.9. The molecule has 1 rings (SSSR count). The van der Waals surface area contributed by atoms with Crippen LogP contribution < -0.4 is 10.9 Å². The summed E-state index contributed by atoms with van der Waals surface area (Å²) in [5.41, 5.74) is 0.220. The van der Waals surface area contributed by atoms with E-state index in [1.165, 1.54) is 10.6 Å². The van der Waals surface area contributed by atoms with Crippen LogP contribution in [0.15, 0.2) is 23.1 Å². The maximum Gasteiger partial charge on any atom is 0.251 e. The number of hydrogen-bond acceptors (Lipinski definition) is 2. The highest BCUT2D eigenvalue weighted by Gasteiger charge is 2.16. The van der Waals surface area contributed by atoms with E-state index in [9.17, 15) is 9.59 Å². The van der Waals surface area contributed by atoms with E-state index < -0.39 is 0 Å². The molecular formula is C12H17BrN2O2. The van der Waals surface area contributed by atoms with Gasteiger partial charge >= 0.3 is 0 Å². The Morgan fingerprint density at radius 2 is 2.18 bits per heavy atom. The standard InChI is InChI=1S/C12H17BrN2O2/c1-8(2)10(7-13)14-12(17)9-4-5-15(3)11(16)6-9/h4-6,8,10H,7H2,1-3H3,(H,14,17). The first-order valence-electron chi connectivity index (χ1n) is 5.49. The second-order valence-corrected chi connectivity index (χ2v) is 4.99. The van der Waals surface area contributed by atoms with Crippen molar-refractivity contribution < 1.29 is 4.79 Å². The fraction of sp³-hybridized carbons (Fsp3) is 0.500. The molecule has 0 aliphatic carbocycles. The molecule has 1 aromatic heterocycles. The molecule has 94 valence electrons. The van der Waals surface area contributed by atoms with Gasteiger partial charge in [-0.1, -0.05) is 29.8 Å². The molecular weight excluding hydrogens is 284 g/mol. The van der Waals surface area contributed by atoms with Crippen LogP contribution in [0.4, 0.5) is 0 Å². The summed E-state index contributed by atoms with van der Waals surface area (Å²) in [5, 5.41) is 3.59. The van der Waals surface area contributed by atoms with Crippen molar-refractivity contribution in [2.45, 2.75) is 19.9 Å². The predicted octanol–water partition coefficient (Wildman–Crippen LogP) is 1.53. The Labute approximate surface area is 109 Å². The van der Waals surface area contributed by atoms with E-state index in [0.717, 1.165) is 0 Å². The minimum Gasteiger partial charge on any atom is -0.348 e. The van der Waals surface area contributed by atoms with Crippen LogP contribution in [0, 0.1) is 5.92 Å². The quantitative estimate of drug-likeness (QED) is 0.858. The average Bonchev–Trinajstić information content (AvgIpc) is 2.28. The lowest BCUT2D eigenvalue weighted by Gasteiger charge is -2.19. The minimum atomic E-state index is -0.208. The van der Waals surface area contributed by atoms with Crippen LogP contribution in [0.5, 0.6) is 0 Å². The van der Waals surface area contributed by atoms with Gasteiger partial charge in [0.1, 0.15) is 0 Å². The van der Waals surface area contributed by atoms with Gasteiger partial charge in [-0.15, -0.1) is 0 Å². The number of nitrogens with zero attached hydrogens (tertiary/aromatic N) is 1. The van der Waals surface area contributed by atoms with E-state index in [2.05, 4.69) is 21.2 Å². The Bertz CT molecular complexity index is 454. The van der Waals surface area contributed by atoms with Gasteiger partial charge in [0.25, 0.3) is 11.5 Å². The van der Waals surface area contributed by atoms with Gasteiger partial charge in [-0.05, 0) is 12.0 Å². The number of carbonyl (C=O) groups is 1. The number of nitrogens with one attached hydrogen (secondary N) is 1. The number of carbonyl (C=O) groups excluding carboxylic acids is 1. The summed E-state index contributed by atoms with van der Waals surface area (Å²) in [4.78, 5) is 23.3. The number of aryl methyl sites for hydroxylation is 1. The molecule has 0 fully saturated rings. The largest absolute Gasteiger partial charge is 0.348 e. The number of hydrogen-bond donors (Lipinski definition) is 1. The zero-order valence-electron chi connectivity index (χ0n) is 10.2. The summed E-state index contributed by atoms with van der Waals surface area (Å²) in [5.74, 6) is 0.130. The average molecular weight is 301 g/mol. The number of aromatic nitrogens is 1. The molecule has 1 atom stereocenters. The highest BCUT2D eigenvalue weighted by atomic mass is 79.9. The smallest absolute Gasteiger partial charge is 0.251 e. The van der Waals surface area contributed by atoms with Crippen LogP contribution in [0.1, 0.15) is 24.2 Å². The molecule has 0 aliphatic rings. The second kappa shape index (κ2) is 6.00. The lowest BCUT2D eigenvalue weighted by Crippen LogP contribution is -2.40. The van der Waals surface area contributed by atoms with Crippen molar-refractivity contribution in [3.05, 3.63) is 34.2 Å². The summed E-state index contributed by atoms with van der Waals surface area (Å²) in [6, 6.07) is 3.05. The predicted molar refractivity (Wildman–Crippen MR) is 71.6 cm³/mol. The third-order valence-corrected chi connectivity index (χ3v) is 3.35. The van der Waals surface area contributed by atoms with E-state index in [-0.39, 0.29) is 17.5 Å². The molecule has 4 nitrogen and oxygen atoms in total. The van der Waals surface area contributed by atoms with E-state index in [0.29, 0.717) is 16.8 Å². The van der Waals surface area contributed by atoms with Gasteiger partial charge < -0.3 is 9.88 Å². The van der Waals surface area contributed by atoms with E-state index in [1.54, 1.807) is 19.3 Å². The molecule has 1 unspecified atom stereocenters. The first-order valence-corrected chi connectivity index (χ1v) is 6.61. The monoisotopic (exact) mass is 300 g/mol. The molecule has 1 N–H and O–H groups in total. The van der Waals surface area contributed by atoms with Crippen LogP contribution in [0.2, 0.25) is 0 Å². The Balaban J connectivity index is 2.83. The van der Waals surface area contributed by atoms with Crippen molar-refractivity contribution in [2.24, 2.45) is 13.0 Å². The molecule has 0 bridgehead atoms. The highest BCUT2D eigenvalue weighted by molar-refractivity contribution is 9.09. The van der Waals surface area contributed by atoms with Gasteiger partial charge in [-0.2, -0.15) is 0 Å². The molecule has 1 aromatic rings. The molecule has 0 spiro atoms. The molecule has 0 saturated heterocycles. The minimum absolute atomic E-state index is 0.0616. The summed E-state index contributed by atoms with van der Waals surface area (Å²) in [7, 11) is 1.65. The first kappa shape index (κ1) is 14.0. The van der Waals surface area contributed by atoms with Crippen molar-refractivity contribution in [2.75, 3.05) is 5.33 Å². The summed E-state index contributed by atoms with van der Waals surface area (Å²) >= 11 is 3.36. The lowest BCUT2D eigenvalue weighted by atomic mass is 10.1. The molecule has 17 heavy (non-hydrogen) atoms. The van der Waals surface area contributed by atoms with E-state index in [4.69, 9.17) is 0 Å². The van der Waals surface area contributed by atoms with Crippen LogP contribution >= 0.6 is 15.9 Å². The number of alkyl halides is 1. The van der Waals surface area contributed by atoms with Crippen molar-refractivity contribution in [3.63, 3.8) is 0 Å². The zero-order chi connectivity index (χ0) is 13.0. The van der Waals surface area contributed by atoms with E-state index in [1.807, 2.05) is 13.8 Å². The van der Waals surface area contributed by atoms with Gasteiger partial charge in [0.05, 0.1) is 0 Å². The van der Waals surface area contributed by atoms with Crippen molar-refractivity contribution in [1.29, 1.82) is 0 Å². The Hall–Kier alpha value is -1.10. The fourth-order valence-corrected chi connectivity index (χ4v) is 2.23. The van der Waals surface area contributed by atoms with Gasteiger partial charge in [0, 0.05) is 36.2 Å². The topological polar surface area (TPSA) is 51.1 Å². The van der Waals surface area contributed by atoms with Gasteiger partial charge in [-0.25, -0.2) is 0 Å². The van der Waals surface area contributed by atoms with E-state index >= 15 is 0 Å². The molecule has 0 radical (unpaired) electrons. The first-order chi connectivity index (χ1) is 7.95. The Kier molecular flexibility index (Phi) is 4.93. The second-order valence-electron chi connectivity index (χ2n) is 4.34. The van der Waals surface area contributed by atoms with Crippen LogP contribution in [0.25, 0.3) is 0 Å². The van der Waals surface area contributed by atoms with Crippen molar-refractivity contribution in [1.82, 2.24) is 9.88 Å². The van der Waals surface area contributed by atoms with Crippen LogP contribution in [0.3, 0.4) is 0 Å². The summed E-state index contributed by atoms with van der Waals surface area (Å²) in [6.07, 6.45) is 1.59. The SMILES string of the molecule is CC(C)C(CBr)NC(=O)c1ccn(C)c(=O)c1. The third kappa shape index (κ3) is 3.70. The third-order valence-electron chi connectivity index (χ3n) is 2.65. The lowest BCUT2D eigenvalue weighted by molar-refractivity contribution is 0.0931. The molecule has 0 saturated carbocycles. The summed E-state index contributed by atoms with van der Waals surface area (Å²) in [6.45, 7) is 4.08. The number of pyridine rings is 1. The fourth-order valence-electron chi connectivity index (χ4n) is 1.32. The normalized spacial score (nSPS) is 12.5. The van der Waals surface area contributed by atoms with Gasteiger partial charge in [0.15, 0.2) is 0 Å². The molecule has 0 aromatic carbocycles. The Morgan fingerprint density at radius 1 is 1.53 bits per heavy atom. The maximum absolute atomic E-state index is 11.9. The van der Waals surface area contributed by atoms with Crippen molar-refractivity contribution >= 4 is 21.8 Å². The Morgan fingerprint density at radius 3 is 2.65 bits per heavy atom. The van der Waals surface area contributed by atoms with Gasteiger partial charge in [-0.3, -0.25) is 9.59 Å². The van der Waals surface area contributed by atoms with Crippen molar-refractivity contribution in [3.8, 4) is 0 Å². The molecule has 0 aliphatic heterocycles. The molecule has 1 amide bonds. The molecule has 5 heteroatoms. The van der Waals surface area contributed by atoms with Crippen LogP contribution in [-0.2, 0) is 7.05 Å². The molecule has 1 heterocycles. The van der Waals surface area contributed by atoms with Gasteiger partial charge in [0.2, 0.25) is 0 Å². The number of amides is 1. The summed E-state index contributed by atoms with van der Waals surface area (Å²) < 4.78 is 1.43. The number of halogens is 1. The highest BCUT2D eigenvalue weighted by Crippen LogP contribution is 2.06.